The van der Waals surface area contributed by atoms with Crippen LogP contribution in [0.4, 0.5) is 14.5 Å². The molecule has 2 aromatic carbocycles. The lowest BCUT2D eigenvalue weighted by Crippen LogP contribution is -2.00. The molecule has 0 fully saturated rings. The van der Waals surface area contributed by atoms with Gasteiger partial charge in [-0.3, -0.25) is 0 Å². The molecule has 0 atom stereocenters. The number of halogens is 3. The lowest BCUT2D eigenvalue weighted by Gasteiger charge is -2.08. The average molecular weight is 268 g/mol. The van der Waals surface area contributed by atoms with Crippen molar-refractivity contribution in [3.8, 4) is 0 Å². The molecule has 0 unspecified atom stereocenters. The summed E-state index contributed by atoms with van der Waals surface area (Å²) in [5.41, 5.74) is 1.72. The van der Waals surface area contributed by atoms with Crippen molar-refractivity contribution in [3.63, 3.8) is 0 Å². The predicted octanol–water partition coefficient (Wildman–Crippen LogP) is 4.89. The minimum atomic E-state index is -2.43. The van der Waals surface area contributed by atoms with Crippen molar-refractivity contribution in [1.29, 1.82) is 0 Å². The molecule has 0 aliphatic rings. The van der Waals surface area contributed by atoms with Gasteiger partial charge in [0.15, 0.2) is 0 Å². The van der Waals surface area contributed by atoms with Crippen molar-refractivity contribution in [1.82, 2.24) is 0 Å². The number of benzene rings is 2. The van der Waals surface area contributed by atoms with Crippen LogP contribution in [-0.2, 0) is 6.54 Å². The fourth-order valence-electron chi connectivity index (χ4n) is 1.64. The molecule has 0 aliphatic carbocycles. The number of rotatable bonds is 4. The first-order chi connectivity index (χ1) is 8.65. The third kappa shape index (κ3) is 3.44. The van der Waals surface area contributed by atoms with E-state index in [0.717, 1.165) is 11.3 Å². The maximum atomic E-state index is 12.5. The lowest BCUT2D eigenvalue weighted by molar-refractivity contribution is 0.151. The zero-order valence-electron chi connectivity index (χ0n) is 9.54. The maximum absolute atomic E-state index is 12.5. The highest BCUT2D eigenvalue weighted by atomic mass is 35.5. The number of anilines is 1. The van der Waals surface area contributed by atoms with E-state index in [1.54, 1.807) is 18.2 Å². The average Bonchev–Trinajstić information content (AvgIpc) is 2.37. The van der Waals surface area contributed by atoms with Crippen LogP contribution in [0.25, 0.3) is 0 Å². The SMILES string of the molecule is FC(F)c1cccc(CNc2cccc(Cl)c2)c1. The van der Waals surface area contributed by atoms with Crippen molar-refractivity contribution < 1.29 is 8.78 Å². The van der Waals surface area contributed by atoms with Gasteiger partial charge in [-0.25, -0.2) is 8.78 Å². The molecule has 0 aromatic heterocycles. The van der Waals surface area contributed by atoms with Gasteiger partial charge in [0, 0.05) is 22.8 Å². The highest BCUT2D eigenvalue weighted by molar-refractivity contribution is 6.30. The number of hydrogen-bond acceptors (Lipinski definition) is 1. The molecular weight excluding hydrogens is 256 g/mol. The number of hydrogen-bond donors (Lipinski definition) is 1. The van der Waals surface area contributed by atoms with E-state index >= 15 is 0 Å². The fourth-order valence-corrected chi connectivity index (χ4v) is 1.83. The maximum Gasteiger partial charge on any atom is 0.263 e. The Balaban J connectivity index is 2.04. The van der Waals surface area contributed by atoms with E-state index in [1.807, 2.05) is 18.2 Å². The minimum absolute atomic E-state index is 0.0420. The molecule has 4 heteroatoms. The van der Waals surface area contributed by atoms with E-state index < -0.39 is 6.43 Å². The van der Waals surface area contributed by atoms with Gasteiger partial charge in [0.05, 0.1) is 0 Å². The van der Waals surface area contributed by atoms with Crippen LogP contribution in [-0.4, -0.2) is 0 Å². The molecule has 2 rings (SSSR count). The van der Waals surface area contributed by atoms with Crippen molar-refractivity contribution in [2.24, 2.45) is 0 Å². The molecule has 1 nitrogen and oxygen atoms in total. The lowest BCUT2D eigenvalue weighted by atomic mass is 10.1. The summed E-state index contributed by atoms with van der Waals surface area (Å²) < 4.78 is 25.1. The Morgan fingerprint density at radius 3 is 2.56 bits per heavy atom. The Hall–Kier alpha value is -1.61. The molecule has 0 aliphatic heterocycles. The first-order valence-corrected chi connectivity index (χ1v) is 5.89. The summed E-state index contributed by atoms with van der Waals surface area (Å²) >= 11 is 5.85. The summed E-state index contributed by atoms with van der Waals surface area (Å²) in [5.74, 6) is 0. The second-order valence-corrected chi connectivity index (χ2v) is 4.35. The van der Waals surface area contributed by atoms with Gasteiger partial charge in [-0.15, -0.1) is 0 Å². The third-order valence-corrected chi connectivity index (χ3v) is 2.76. The normalized spacial score (nSPS) is 10.7. The molecule has 1 N–H and O–H groups in total. The zero-order valence-corrected chi connectivity index (χ0v) is 10.3. The van der Waals surface area contributed by atoms with E-state index in [-0.39, 0.29) is 5.56 Å². The van der Waals surface area contributed by atoms with Gasteiger partial charge in [0.2, 0.25) is 0 Å². The van der Waals surface area contributed by atoms with Crippen LogP contribution in [0, 0.1) is 0 Å². The molecule has 2 aromatic rings. The Bertz CT molecular complexity index is 529. The molecular formula is C14H12ClF2N. The molecule has 0 radical (unpaired) electrons. The van der Waals surface area contributed by atoms with E-state index in [9.17, 15) is 8.78 Å². The first kappa shape index (κ1) is 12.8. The summed E-state index contributed by atoms with van der Waals surface area (Å²) in [4.78, 5) is 0. The van der Waals surface area contributed by atoms with Gasteiger partial charge in [-0.1, -0.05) is 35.9 Å². The van der Waals surface area contributed by atoms with Crippen LogP contribution in [0.15, 0.2) is 48.5 Å². The van der Waals surface area contributed by atoms with Gasteiger partial charge in [-0.05, 0) is 29.8 Å². The monoisotopic (exact) mass is 267 g/mol. The largest absolute Gasteiger partial charge is 0.381 e. The number of alkyl halides is 2. The highest BCUT2D eigenvalue weighted by Gasteiger charge is 2.06. The molecule has 0 saturated carbocycles. The Kier molecular flexibility index (Phi) is 4.15. The Morgan fingerprint density at radius 1 is 1.06 bits per heavy atom. The summed E-state index contributed by atoms with van der Waals surface area (Å²) in [6, 6.07) is 13.7. The van der Waals surface area contributed by atoms with Gasteiger partial charge in [0.25, 0.3) is 6.43 Å². The van der Waals surface area contributed by atoms with Crippen LogP contribution >= 0.6 is 11.6 Å². The Morgan fingerprint density at radius 2 is 1.83 bits per heavy atom. The van der Waals surface area contributed by atoms with E-state index in [2.05, 4.69) is 5.32 Å². The van der Waals surface area contributed by atoms with Crippen LogP contribution in [0.2, 0.25) is 5.02 Å². The third-order valence-electron chi connectivity index (χ3n) is 2.52. The molecule has 94 valence electrons. The predicted molar refractivity (Wildman–Crippen MR) is 70.2 cm³/mol. The van der Waals surface area contributed by atoms with Crippen LogP contribution < -0.4 is 5.32 Å². The summed E-state index contributed by atoms with van der Waals surface area (Å²) in [6.45, 7) is 0.487. The van der Waals surface area contributed by atoms with Crippen LogP contribution in [0.3, 0.4) is 0 Å². The second-order valence-electron chi connectivity index (χ2n) is 3.91. The van der Waals surface area contributed by atoms with Crippen molar-refractivity contribution in [2.75, 3.05) is 5.32 Å². The van der Waals surface area contributed by atoms with Crippen molar-refractivity contribution in [2.45, 2.75) is 13.0 Å². The summed E-state index contributed by atoms with van der Waals surface area (Å²) in [7, 11) is 0. The summed E-state index contributed by atoms with van der Waals surface area (Å²) in [6.07, 6.45) is -2.43. The van der Waals surface area contributed by atoms with Gasteiger partial charge in [0.1, 0.15) is 0 Å². The van der Waals surface area contributed by atoms with Crippen molar-refractivity contribution in [3.05, 3.63) is 64.7 Å². The number of nitrogens with one attached hydrogen (secondary N) is 1. The highest BCUT2D eigenvalue weighted by Crippen LogP contribution is 2.20. The summed E-state index contributed by atoms with van der Waals surface area (Å²) in [5, 5.41) is 3.78. The Labute approximate surface area is 109 Å². The standard InChI is InChI=1S/C14H12ClF2N/c15-12-5-2-6-13(8-12)18-9-10-3-1-4-11(7-10)14(16)17/h1-8,14,18H,9H2. The van der Waals surface area contributed by atoms with E-state index in [4.69, 9.17) is 11.6 Å². The van der Waals surface area contributed by atoms with Gasteiger partial charge in [-0.2, -0.15) is 0 Å². The second kappa shape index (κ2) is 5.83. The zero-order chi connectivity index (χ0) is 13.0. The van der Waals surface area contributed by atoms with E-state index in [0.29, 0.717) is 11.6 Å². The van der Waals surface area contributed by atoms with Crippen LogP contribution in [0.1, 0.15) is 17.6 Å². The molecule has 0 saturated heterocycles. The molecule has 0 heterocycles. The van der Waals surface area contributed by atoms with E-state index in [1.165, 1.54) is 12.1 Å². The molecule has 0 amide bonds. The first-order valence-electron chi connectivity index (χ1n) is 5.51. The quantitative estimate of drug-likeness (QED) is 0.832. The topological polar surface area (TPSA) is 12.0 Å². The molecule has 18 heavy (non-hydrogen) atoms. The fraction of sp³-hybridized carbons (Fsp3) is 0.143. The van der Waals surface area contributed by atoms with Gasteiger partial charge >= 0.3 is 0 Å². The van der Waals surface area contributed by atoms with Crippen molar-refractivity contribution >= 4 is 17.3 Å². The smallest absolute Gasteiger partial charge is 0.263 e. The minimum Gasteiger partial charge on any atom is -0.381 e. The van der Waals surface area contributed by atoms with Gasteiger partial charge < -0.3 is 5.32 Å². The molecule has 0 spiro atoms. The molecule has 0 bridgehead atoms. The van der Waals surface area contributed by atoms with Crippen LogP contribution in [0.5, 0.6) is 0 Å².